The van der Waals surface area contributed by atoms with Gasteiger partial charge in [0.2, 0.25) is 0 Å². The van der Waals surface area contributed by atoms with E-state index in [1.165, 1.54) is 5.56 Å². The third-order valence-electron chi connectivity index (χ3n) is 5.74. The van der Waals surface area contributed by atoms with E-state index in [2.05, 4.69) is 4.98 Å². The quantitative estimate of drug-likeness (QED) is 0.460. The molecule has 1 aliphatic heterocycles. The van der Waals surface area contributed by atoms with Crippen LogP contribution in [0.3, 0.4) is 0 Å². The van der Waals surface area contributed by atoms with Gasteiger partial charge in [0, 0.05) is 42.2 Å². The highest BCUT2D eigenvalue weighted by atomic mass is 35.5. The Morgan fingerprint density at radius 2 is 2.07 bits per heavy atom. The van der Waals surface area contributed by atoms with Crippen LogP contribution < -0.4 is 0 Å². The molecule has 4 aromatic rings. The fourth-order valence-corrected chi connectivity index (χ4v) is 4.55. The minimum Gasteiger partial charge on any atom is -0.441 e. The summed E-state index contributed by atoms with van der Waals surface area (Å²) in [6, 6.07) is 13.1. The molecule has 0 radical (unpaired) electrons. The molecule has 30 heavy (non-hydrogen) atoms. The molecule has 0 N–H and O–H groups in total. The van der Waals surface area contributed by atoms with E-state index in [1.807, 2.05) is 60.0 Å². The molecule has 0 bridgehead atoms. The summed E-state index contributed by atoms with van der Waals surface area (Å²) in [4.78, 5) is 19.5. The van der Waals surface area contributed by atoms with Crippen LogP contribution in [0.1, 0.15) is 40.5 Å². The normalized spacial score (nSPS) is 16.1. The van der Waals surface area contributed by atoms with Crippen LogP contribution in [0.5, 0.6) is 0 Å². The van der Waals surface area contributed by atoms with E-state index in [4.69, 9.17) is 21.1 Å². The SMILES string of the molecule is Cc1nc2ccc(C(=O)N3CCc4c(nn(C)c4-c4cccc(Cl)c4)C3C)cc2o1. The lowest BCUT2D eigenvalue weighted by Crippen LogP contribution is -2.38. The maximum Gasteiger partial charge on any atom is 0.254 e. The molecule has 1 aliphatic rings. The topological polar surface area (TPSA) is 64.2 Å². The smallest absolute Gasteiger partial charge is 0.254 e. The number of hydrogen-bond donors (Lipinski definition) is 0. The van der Waals surface area contributed by atoms with Gasteiger partial charge in [0.15, 0.2) is 11.5 Å². The van der Waals surface area contributed by atoms with Gasteiger partial charge in [0.05, 0.1) is 17.4 Å². The number of aromatic nitrogens is 3. The number of oxazole rings is 1. The van der Waals surface area contributed by atoms with E-state index in [1.54, 1.807) is 13.0 Å². The predicted octanol–water partition coefficient (Wildman–Crippen LogP) is 4.95. The number of aryl methyl sites for hydroxylation is 2. The maximum absolute atomic E-state index is 13.3. The molecule has 152 valence electrons. The van der Waals surface area contributed by atoms with E-state index < -0.39 is 0 Å². The number of hydrogen-bond acceptors (Lipinski definition) is 4. The molecule has 5 rings (SSSR count). The minimum absolute atomic E-state index is 0.0286. The molecule has 0 fully saturated rings. The summed E-state index contributed by atoms with van der Waals surface area (Å²) >= 11 is 6.21. The van der Waals surface area contributed by atoms with Crippen molar-refractivity contribution in [3.05, 3.63) is 70.2 Å². The molecule has 1 unspecified atom stereocenters. The van der Waals surface area contributed by atoms with Crippen molar-refractivity contribution in [2.45, 2.75) is 26.3 Å². The van der Waals surface area contributed by atoms with Crippen molar-refractivity contribution in [2.75, 3.05) is 6.54 Å². The second-order valence-corrected chi connectivity index (χ2v) is 8.12. The van der Waals surface area contributed by atoms with Crippen LogP contribution in [0.25, 0.3) is 22.4 Å². The molecule has 3 heterocycles. The summed E-state index contributed by atoms with van der Waals surface area (Å²) in [7, 11) is 1.94. The number of rotatable bonds is 2. The summed E-state index contributed by atoms with van der Waals surface area (Å²) in [5.74, 6) is 0.562. The fraction of sp³-hybridized carbons (Fsp3) is 0.261. The molecular formula is C23H21ClN4O2. The first kappa shape index (κ1) is 18.9. The fourth-order valence-electron chi connectivity index (χ4n) is 4.36. The van der Waals surface area contributed by atoms with E-state index in [0.29, 0.717) is 28.6 Å². The van der Waals surface area contributed by atoms with E-state index in [9.17, 15) is 4.79 Å². The molecule has 1 amide bonds. The Balaban J connectivity index is 1.49. The Hall–Kier alpha value is -3.12. The zero-order valence-electron chi connectivity index (χ0n) is 17.0. The monoisotopic (exact) mass is 420 g/mol. The van der Waals surface area contributed by atoms with Gasteiger partial charge in [0.1, 0.15) is 5.52 Å². The van der Waals surface area contributed by atoms with Gasteiger partial charge in [-0.1, -0.05) is 23.7 Å². The van der Waals surface area contributed by atoms with Crippen molar-refractivity contribution in [3.63, 3.8) is 0 Å². The standard InChI is InChI=1S/C23H21ClN4O2/c1-13-21-18(22(27(3)26-21)15-5-4-6-17(24)11-15)9-10-28(13)23(29)16-7-8-19-20(12-16)30-14(2)25-19/h4-8,11-13H,9-10H2,1-3H3. The van der Waals surface area contributed by atoms with Crippen molar-refractivity contribution < 1.29 is 9.21 Å². The third kappa shape index (κ3) is 2.99. The lowest BCUT2D eigenvalue weighted by molar-refractivity contribution is 0.0673. The van der Waals surface area contributed by atoms with Gasteiger partial charge < -0.3 is 9.32 Å². The third-order valence-corrected chi connectivity index (χ3v) is 5.98. The first-order valence-corrected chi connectivity index (χ1v) is 10.3. The average Bonchev–Trinajstić information content (AvgIpc) is 3.26. The Bertz CT molecular complexity index is 1290. The van der Waals surface area contributed by atoms with E-state index >= 15 is 0 Å². The number of benzene rings is 2. The van der Waals surface area contributed by atoms with Gasteiger partial charge >= 0.3 is 0 Å². The summed E-state index contributed by atoms with van der Waals surface area (Å²) in [6.45, 7) is 4.45. The number of carbonyl (C=O) groups is 1. The molecule has 2 aromatic heterocycles. The van der Waals surface area contributed by atoms with Gasteiger partial charge in [-0.2, -0.15) is 5.10 Å². The second kappa shape index (κ2) is 6.99. The number of carbonyl (C=O) groups excluding carboxylic acids is 1. The lowest BCUT2D eigenvalue weighted by Gasteiger charge is -2.33. The summed E-state index contributed by atoms with van der Waals surface area (Å²) < 4.78 is 7.49. The van der Waals surface area contributed by atoms with Crippen LogP contribution in [0, 0.1) is 6.92 Å². The molecule has 0 aliphatic carbocycles. The van der Waals surface area contributed by atoms with Crippen molar-refractivity contribution in [2.24, 2.45) is 7.05 Å². The highest BCUT2D eigenvalue weighted by molar-refractivity contribution is 6.30. The Morgan fingerprint density at radius 3 is 2.87 bits per heavy atom. The predicted molar refractivity (Wildman–Crippen MR) is 116 cm³/mol. The molecule has 2 aromatic carbocycles. The van der Waals surface area contributed by atoms with Crippen LogP contribution >= 0.6 is 11.6 Å². The van der Waals surface area contributed by atoms with E-state index in [-0.39, 0.29) is 11.9 Å². The van der Waals surface area contributed by atoms with Crippen molar-refractivity contribution >= 4 is 28.6 Å². The van der Waals surface area contributed by atoms with Crippen LogP contribution in [0.2, 0.25) is 5.02 Å². The van der Waals surface area contributed by atoms with Crippen molar-refractivity contribution in [3.8, 4) is 11.3 Å². The summed E-state index contributed by atoms with van der Waals surface area (Å²) in [5.41, 5.74) is 6.20. The van der Waals surface area contributed by atoms with Crippen LogP contribution in [-0.4, -0.2) is 32.1 Å². The van der Waals surface area contributed by atoms with E-state index in [0.717, 1.165) is 28.9 Å². The number of nitrogens with zero attached hydrogens (tertiary/aromatic N) is 4. The Morgan fingerprint density at radius 1 is 1.23 bits per heavy atom. The highest BCUT2D eigenvalue weighted by Gasteiger charge is 2.33. The van der Waals surface area contributed by atoms with Crippen LogP contribution in [0.15, 0.2) is 46.9 Å². The first-order chi connectivity index (χ1) is 14.4. The van der Waals surface area contributed by atoms with Gasteiger partial charge in [-0.05, 0) is 43.7 Å². The maximum atomic E-state index is 13.3. The van der Waals surface area contributed by atoms with Crippen LogP contribution in [0.4, 0.5) is 0 Å². The lowest BCUT2D eigenvalue weighted by atomic mass is 9.95. The van der Waals surface area contributed by atoms with Gasteiger partial charge in [-0.3, -0.25) is 9.48 Å². The number of amides is 1. The molecule has 7 heteroatoms. The zero-order chi connectivity index (χ0) is 21.0. The van der Waals surface area contributed by atoms with Crippen molar-refractivity contribution in [1.82, 2.24) is 19.7 Å². The summed E-state index contributed by atoms with van der Waals surface area (Å²) in [5, 5.41) is 5.46. The van der Waals surface area contributed by atoms with Gasteiger partial charge in [0.25, 0.3) is 5.91 Å². The molecule has 6 nitrogen and oxygen atoms in total. The number of fused-ring (bicyclic) bond motifs is 2. The average molecular weight is 421 g/mol. The molecule has 0 saturated carbocycles. The van der Waals surface area contributed by atoms with Gasteiger partial charge in [-0.15, -0.1) is 0 Å². The Labute approximate surface area is 179 Å². The molecule has 0 saturated heterocycles. The second-order valence-electron chi connectivity index (χ2n) is 7.69. The molecule has 1 atom stereocenters. The molecule has 0 spiro atoms. The minimum atomic E-state index is -0.132. The van der Waals surface area contributed by atoms with Gasteiger partial charge in [-0.25, -0.2) is 4.98 Å². The molecular weight excluding hydrogens is 400 g/mol. The Kier molecular flexibility index (Phi) is 4.40. The summed E-state index contributed by atoms with van der Waals surface area (Å²) in [6.07, 6.45) is 0.741. The van der Waals surface area contributed by atoms with Crippen LogP contribution in [-0.2, 0) is 13.5 Å². The largest absolute Gasteiger partial charge is 0.441 e. The highest BCUT2D eigenvalue weighted by Crippen LogP contribution is 2.36. The first-order valence-electron chi connectivity index (χ1n) is 9.92. The van der Waals surface area contributed by atoms with Crippen molar-refractivity contribution in [1.29, 1.82) is 0 Å². The zero-order valence-corrected chi connectivity index (χ0v) is 17.8. The number of halogens is 1.